The summed E-state index contributed by atoms with van der Waals surface area (Å²) in [5.41, 5.74) is 1.00. The Morgan fingerprint density at radius 2 is 1.88 bits per heavy atom. The van der Waals surface area contributed by atoms with E-state index in [-0.39, 0.29) is 16.9 Å². The second-order valence-electron chi connectivity index (χ2n) is 7.70. The van der Waals surface area contributed by atoms with Gasteiger partial charge in [0.2, 0.25) is 5.43 Å². The average molecular weight is 450 g/mol. The fraction of sp³-hybridized carbons (Fsp3) is 0.292. The van der Waals surface area contributed by atoms with Crippen molar-refractivity contribution in [3.63, 3.8) is 0 Å². The molecular weight excluding hydrogens is 426 g/mol. The second-order valence-corrected chi connectivity index (χ2v) is 8.71. The lowest BCUT2D eigenvalue weighted by molar-refractivity contribution is 0.0376. The lowest BCUT2D eigenvalue weighted by Crippen LogP contribution is -2.40. The SMILES string of the molecule is O=C(c1coc2ccccc2c1=O)N(CCCN1CCOCC1)c1nc2ccccc2s1. The smallest absolute Gasteiger partial charge is 0.267 e. The van der Waals surface area contributed by atoms with Gasteiger partial charge in [0.1, 0.15) is 17.4 Å². The lowest BCUT2D eigenvalue weighted by Gasteiger charge is -2.27. The van der Waals surface area contributed by atoms with Gasteiger partial charge in [-0.05, 0) is 30.7 Å². The predicted octanol–water partition coefficient (Wildman–Crippen LogP) is 3.77. The van der Waals surface area contributed by atoms with Crippen molar-refractivity contribution >= 4 is 43.6 Å². The molecule has 0 radical (unpaired) electrons. The number of benzene rings is 2. The second kappa shape index (κ2) is 9.20. The molecule has 1 aliphatic rings. The number of aromatic nitrogens is 1. The molecule has 1 amide bonds. The van der Waals surface area contributed by atoms with E-state index in [1.54, 1.807) is 29.2 Å². The highest BCUT2D eigenvalue weighted by Crippen LogP contribution is 2.29. The Balaban J connectivity index is 1.46. The number of morpholine rings is 1. The molecule has 0 unspecified atom stereocenters. The molecule has 1 saturated heterocycles. The zero-order valence-electron chi connectivity index (χ0n) is 17.5. The van der Waals surface area contributed by atoms with E-state index in [1.807, 2.05) is 24.3 Å². The molecule has 164 valence electrons. The van der Waals surface area contributed by atoms with Crippen molar-refractivity contribution in [1.29, 1.82) is 0 Å². The molecule has 3 heterocycles. The fourth-order valence-electron chi connectivity index (χ4n) is 3.91. The molecule has 32 heavy (non-hydrogen) atoms. The Morgan fingerprint density at radius 1 is 1.09 bits per heavy atom. The number of carbonyl (C=O) groups is 1. The van der Waals surface area contributed by atoms with Gasteiger partial charge in [0.05, 0.1) is 28.8 Å². The number of fused-ring (bicyclic) bond motifs is 2. The minimum Gasteiger partial charge on any atom is -0.463 e. The van der Waals surface area contributed by atoms with Crippen LogP contribution < -0.4 is 10.3 Å². The van der Waals surface area contributed by atoms with Crippen LogP contribution in [0, 0.1) is 0 Å². The molecule has 8 heteroatoms. The third kappa shape index (κ3) is 4.17. The summed E-state index contributed by atoms with van der Waals surface area (Å²) in [6.45, 7) is 4.57. The first-order valence-corrected chi connectivity index (χ1v) is 11.5. The Labute approximate surface area is 188 Å². The summed E-state index contributed by atoms with van der Waals surface area (Å²) in [7, 11) is 0. The first-order chi connectivity index (χ1) is 15.7. The van der Waals surface area contributed by atoms with Gasteiger partial charge in [0, 0.05) is 26.2 Å². The molecule has 1 aliphatic heterocycles. The lowest BCUT2D eigenvalue weighted by atomic mass is 10.1. The van der Waals surface area contributed by atoms with Crippen LogP contribution in [0.1, 0.15) is 16.8 Å². The summed E-state index contributed by atoms with van der Waals surface area (Å²) in [5, 5.41) is 0.988. The topological polar surface area (TPSA) is 75.9 Å². The summed E-state index contributed by atoms with van der Waals surface area (Å²) < 4.78 is 12.0. The Hall–Kier alpha value is -3.07. The number of anilines is 1. The molecule has 0 saturated carbocycles. The van der Waals surface area contributed by atoms with Gasteiger partial charge in [-0.3, -0.25) is 19.4 Å². The predicted molar refractivity (Wildman–Crippen MR) is 126 cm³/mol. The number of carbonyl (C=O) groups excluding carboxylic acids is 1. The third-order valence-corrected chi connectivity index (χ3v) is 6.69. The van der Waals surface area contributed by atoms with Crippen LogP contribution in [-0.4, -0.2) is 55.2 Å². The molecule has 2 aromatic carbocycles. The Bertz CT molecular complexity index is 1280. The standard InChI is InChI=1S/C24H23N3O4S/c28-22-17-6-1-3-8-20(17)31-16-18(22)23(29)27(11-5-10-26-12-14-30-15-13-26)24-25-19-7-2-4-9-21(19)32-24/h1-4,6-9,16H,5,10-15H2. The summed E-state index contributed by atoms with van der Waals surface area (Å²) in [6, 6.07) is 14.7. The van der Waals surface area contributed by atoms with Gasteiger partial charge < -0.3 is 9.15 Å². The van der Waals surface area contributed by atoms with Crippen molar-refractivity contribution in [3.05, 3.63) is 70.6 Å². The van der Waals surface area contributed by atoms with Crippen LogP contribution in [0.4, 0.5) is 5.13 Å². The molecule has 0 N–H and O–H groups in total. The molecule has 4 aromatic rings. The number of amides is 1. The van der Waals surface area contributed by atoms with E-state index in [1.165, 1.54) is 17.6 Å². The first kappa shape index (κ1) is 20.8. The van der Waals surface area contributed by atoms with Crippen LogP contribution in [0.25, 0.3) is 21.2 Å². The van der Waals surface area contributed by atoms with Gasteiger partial charge in [-0.15, -0.1) is 0 Å². The maximum atomic E-state index is 13.6. The number of ether oxygens (including phenoxy) is 1. The van der Waals surface area contributed by atoms with Crippen LogP contribution in [0.5, 0.6) is 0 Å². The monoisotopic (exact) mass is 449 g/mol. The van der Waals surface area contributed by atoms with Gasteiger partial charge in [-0.25, -0.2) is 4.98 Å². The van der Waals surface area contributed by atoms with Crippen LogP contribution in [-0.2, 0) is 4.74 Å². The molecule has 0 aliphatic carbocycles. The van der Waals surface area contributed by atoms with E-state index in [4.69, 9.17) is 9.15 Å². The van der Waals surface area contributed by atoms with Crippen molar-refractivity contribution in [2.45, 2.75) is 6.42 Å². The number of thiazole rings is 1. The normalized spacial score (nSPS) is 14.8. The van der Waals surface area contributed by atoms with Gasteiger partial charge >= 0.3 is 0 Å². The molecule has 1 fully saturated rings. The van der Waals surface area contributed by atoms with Crippen molar-refractivity contribution in [3.8, 4) is 0 Å². The molecular formula is C24H23N3O4S. The van der Waals surface area contributed by atoms with Crippen LogP contribution >= 0.6 is 11.3 Å². The van der Waals surface area contributed by atoms with E-state index in [0.29, 0.717) is 22.6 Å². The van der Waals surface area contributed by atoms with Gasteiger partial charge in [0.15, 0.2) is 5.13 Å². The quantitative estimate of drug-likeness (QED) is 0.446. The number of nitrogens with zero attached hydrogens (tertiary/aromatic N) is 3. The molecule has 0 bridgehead atoms. The zero-order chi connectivity index (χ0) is 21.9. The highest BCUT2D eigenvalue weighted by molar-refractivity contribution is 7.22. The van der Waals surface area contributed by atoms with Crippen molar-refractivity contribution < 1.29 is 13.9 Å². The van der Waals surface area contributed by atoms with E-state index >= 15 is 0 Å². The van der Waals surface area contributed by atoms with Crippen molar-refractivity contribution in [1.82, 2.24) is 9.88 Å². The minimum atomic E-state index is -0.384. The highest BCUT2D eigenvalue weighted by Gasteiger charge is 2.25. The number of hydrogen-bond donors (Lipinski definition) is 0. The van der Waals surface area contributed by atoms with Crippen LogP contribution in [0.3, 0.4) is 0 Å². The van der Waals surface area contributed by atoms with Gasteiger partial charge in [0.25, 0.3) is 5.91 Å². The Kier molecular flexibility index (Phi) is 5.98. The fourth-order valence-corrected chi connectivity index (χ4v) is 4.90. The number of hydrogen-bond acceptors (Lipinski definition) is 7. The van der Waals surface area contributed by atoms with Crippen LogP contribution in [0.2, 0.25) is 0 Å². The average Bonchev–Trinajstić information content (AvgIpc) is 3.26. The van der Waals surface area contributed by atoms with Crippen molar-refractivity contribution in [2.75, 3.05) is 44.3 Å². The maximum Gasteiger partial charge on any atom is 0.267 e. The van der Waals surface area contributed by atoms with Gasteiger partial charge in [-0.2, -0.15) is 0 Å². The molecule has 0 spiro atoms. The summed E-state index contributed by atoms with van der Waals surface area (Å²) in [6.07, 6.45) is 2.04. The van der Waals surface area contributed by atoms with E-state index in [0.717, 1.165) is 49.5 Å². The van der Waals surface area contributed by atoms with E-state index in [9.17, 15) is 9.59 Å². The Morgan fingerprint density at radius 3 is 2.72 bits per heavy atom. The zero-order valence-corrected chi connectivity index (χ0v) is 18.3. The first-order valence-electron chi connectivity index (χ1n) is 10.7. The summed E-state index contributed by atoms with van der Waals surface area (Å²) >= 11 is 1.45. The third-order valence-electron chi connectivity index (χ3n) is 5.63. The number of para-hydroxylation sites is 2. The van der Waals surface area contributed by atoms with E-state index in [2.05, 4.69) is 9.88 Å². The van der Waals surface area contributed by atoms with Crippen molar-refractivity contribution in [2.24, 2.45) is 0 Å². The molecule has 2 aromatic heterocycles. The largest absolute Gasteiger partial charge is 0.463 e. The summed E-state index contributed by atoms with van der Waals surface area (Å²) in [5.74, 6) is -0.384. The highest BCUT2D eigenvalue weighted by atomic mass is 32.1. The molecule has 7 nitrogen and oxygen atoms in total. The van der Waals surface area contributed by atoms with Gasteiger partial charge in [-0.1, -0.05) is 35.6 Å². The maximum absolute atomic E-state index is 13.6. The van der Waals surface area contributed by atoms with Crippen LogP contribution in [0.15, 0.2) is 64.0 Å². The van der Waals surface area contributed by atoms with E-state index < -0.39 is 0 Å². The summed E-state index contributed by atoms with van der Waals surface area (Å²) in [4.78, 5) is 35.2. The minimum absolute atomic E-state index is 0.0225. The number of rotatable bonds is 6. The molecule has 5 rings (SSSR count). The molecule has 0 atom stereocenters.